The lowest BCUT2D eigenvalue weighted by atomic mass is 9.55. The van der Waals surface area contributed by atoms with E-state index in [1.165, 1.54) is 6.42 Å². The molecule has 0 aromatic heterocycles. The van der Waals surface area contributed by atoms with Crippen LogP contribution in [0.2, 0.25) is 0 Å². The van der Waals surface area contributed by atoms with Gasteiger partial charge in [0.1, 0.15) is 11.2 Å². The van der Waals surface area contributed by atoms with Crippen LogP contribution in [0.1, 0.15) is 80.1 Å². The van der Waals surface area contributed by atoms with Gasteiger partial charge in [0.25, 0.3) is 0 Å². The summed E-state index contributed by atoms with van der Waals surface area (Å²) in [5.41, 5.74) is 1.61. The minimum atomic E-state index is -0.352. The standard InChI is InChI=1S/C24H34O3.C2H6/c1-5-6-18(16(2)3)19-7-8-21-20(17(19)4)9-10-22-15-23(25-13-14-26-23)11-12-24(21,22)27-22;1-2/h8,16-20H,7,9-15H2,1-4H3;1-2H3. The molecule has 2 saturated carbocycles. The van der Waals surface area contributed by atoms with Gasteiger partial charge in [0.05, 0.1) is 13.2 Å². The van der Waals surface area contributed by atoms with Crippen molar-refractivity contribution in [3.63, 3.8) is 0 Å². The van der Waals surface area contributed by atoms with Crippen LogP contribution in [-0.2, 0) is 14.2 Å². The monoisotopic (exact) mass is 400 g/mol. The molecule has 2 saturated heterocycles. The fraction of sp³-hybridized carbons (Fsp3) is 0.846. The first-order valence-electron chi connectivity index (χ1n) is 12.1. The number of fused-ring (bicyclic) bond motifs is 1. The normalized spacial score (nSPS) is 42.3. The van der Waals surface area contributed by atoms with Crippen LogP contribution in [0.5, 0.6) is 0 Å². The predicted octanol–water partition coefficient (Wildman–Crippen LogP) is 5.74. The van der Waals surface area contributed by atoms with Gasteiger partial charge in [-0.25, -0.2) is 0 Å². The summed E-state index contributed by atoms with van der Waals surface area (Å²) in [5.74, 6) is 9.53. The molecular formula is C26H40O3. The number of ether oxygens (including phenoxy) is 3. The van der Waals surface area contributed by atoms with Gasteiger partial charge in [-0.2, -0.15) is 0 Å². The third-order valence-corrected chi connectivity index (χ3v) is 8.43. The van der Waals surface area contributed by atoms with E-state index in [9.17, 15) is 0 Å². The Morgan fingerprint density at radius 3 is 2.48 bits per heavy atom. The average molecular weight is 401 g/mol. The van der Waals surface area contributed by atoms with Gasteiger partial charge in [-0.1, -0.05) is 46.6 Å². The lowest BCUT2D eigenvalue weighted by molar-refractivity contribution is -0.185. The van der Waals surface area contributed by atoms with E-state index < -0.39 is 0 Å². The molecule has 6 unspecified atom stereocenters. The van der Waals surface area contributed by atoms with Gasteiger partial charge in [0, 0.05) is 18.8 Å². The first kappa shape index (κ1) is 21.4. The largest absolute Gasteiger partial charge is 0.358 e. The minimum Gasteiger partial charge on any atom is -0.358 e. The summed E-state index contributed by atoms with van der Waals surface area (Å²) in [5, 5.41) is 0. The van der Waals surface area contributed by atoms with Crippen molar-refractivity contribution in [2.75, 3.05) is 13.2 Å². The molecule has 0 radical (unpaired) electrons. The van der Waals surface area contributed by atoms with Crippen molar-refractivity contribution in [1.82, 2.24) is 0 Å². The van der Waals surface area contributed by atoms with Gasteiger partial charge in [-0.05, 0) is 61.9 Å². The smallest absolute Gasteiger partial charge is 0.171 e. The Kier molecular flexibility index (Phi) is 5.69. The quantitative estimate of drug-likeness (QED) is 0.337. The highest BCUT2D eigenvalue weighted by Gasteiger charge is 2.78. The molecule has 5 rings (SSSR count). The fourth-order valence-electron chi connectivity index (χ4n) is 7.10. The molecule has 0 amide bonds. The van der Waals surface area contributed by atoms with Crippen molar-refractivity contribution in [2.45, 2.75) is 97.1 Å². The summed E-state index contributed by atoms with van der Waals surface area (Å²) in [7, 11) is 0. The molecule has 0 aromatic rings. The Hall–Kier alpha value is -0.820. The van der Waals surface area contributed by atoms with Crippen LogP contribution in [0.4, 0.5) is 0 Å². The molecule has 1 spiro atoms. The molecule has 0 aromatic carbocycles. The molecule has 2 heterocycles. The Labute approximate surface area is 177 Å². The number of rotatable bonds is 2. The zero-order valence-corrected chi connectivity index (χ0v) is 19.3. The molecular weight excluding hydrogens is 360 g/mol. The summed E-state index contributed by atoms with van der Waals surface area (Å²) in [6.45, 7) is 14.6. The van der Waals surface area contributed by atoms with E-state index in [2.05, 4.69) is 38.7 Å². The van der Waals surface area contributed by atoms with Gasteiger partial charge in [-0.3, -0.25) is 0 Å². The Morgan fingerprint density at radius 2 is 1.83 bits per heavy atom. The van der Waals surface area contributed by atoms with Crippen molar-refractivity contribution >= 4 is 0 Å². The summed E-state index contributed by atoms with van der Waals surface area (Å²) in [4.78, 5) is 0. The van der Waals surface area contributed by atoms with Crippen molar-refractivity contribution in [3.8, 4) is 11.8 Å². The third-order valence-electron chi connectivity index (χ3n) is 8.43. The predicted molar refractivity (Wildman–Crippen MR) is 116 cm³/mol. The fourth-order valence-corrected chi connectivity index (χ4v) is 7.10. The van der Waals surface area contributed by atoms with E-state index >= 15 is 0 Å². The Morgan fingerprint density at radius 1 is 1.10 bits per heavy atom. The maximum Gasteiger partial charge on any atom is 0.171 e. The summed E-state index contributed by atoms with van der Waals surface area (Å²) >= 11 is 0. The minimum absolute atomic E-state index is 0.000527. The highest BCUT2D eigenvalue weighted by atomic mass is 16.7. The zero-order valence-electron chi connectivity index (χ0n) is 19.3. The third kappa shape index (κ3) is 3.13. The van der Waals surface area contributed by atoms with E-state index in [-0.39, 0.29) is 17.0 Å². The first-order valence-corrected chi connectivity index (χ1v) is 12.1. The van der Waals surface area contributed by atoms with Gasteiger partial charge in [0.2, 0.25) is 0 Å². The second-order valence-corrected chi connectivity index (χ2v) is 9.94. The number of allylic oxidation sites excluding steroid dienone is 1. The van der Waals surface area contributed by atoms with Gasteiger partial charge in [0.15, 0.2) is 5.79 Å². The van der Waals surface area contributed by atoms with Gasteiger partial charge >= 0.3 is 0 Å². The van der Waals surface area contributed by atoms with Crippen LogP contribution in [0.15, 0.2) is 11.6 Å². The summed E-state index contributed by atoms with van der Waals surface area (Å²) < 4.78 is 18.7. The lowest BCUT2D eigenvalue weighted by Crippen LogP contribution is -2.51. The highest BCUT2D eigenvalue weighted by Crippen LogP contribution is 2.71. The van der Waals surface area contributed by atoms with Crippen LogP contribution in [0.25, 0.3) is 0 Å². The van der Waals surface area contributed by atoms with Crippen molar-refractivity contribution in [3.05, 3.63) is 11.6 Å². The number of hydrogen-bond donors (Lipinski definition) is 0. The molecule has 29 heavy (non-hydrogen) atoms. The van der Waals surface area contributed by atoms with Crippen LogP contribution in [0, 0.1) is 41.4 Å². The average Bonchev–Trinajstić information content (AvgIpc) is 3.21. The van der Waals surface area contributed by atoms with Crippen molar-refractivity contribution in [1.29, 1.82) is 0 Å². The number of hydrogen-bond acceptors (Lipinski definition) is 3. The molecule has 3 heteroatoms. The van der Waals surface area contributed by atoms with Crippen LogP contribution < -0.4 is 0 Å². The second kappa shape index (κ2) is 7.70. The van der Waals surface area contributed by atoms with E-state index in [0.717, 1.165) is 45.3 Å². The van der Waals surface area contributed by atoms with E-state index in [1.807, 2.05) is 20.8 Å². The molecule has 0 bridgehead atoms. The molecule has 3 aliphatic carbocycles. The van der Waals surface area contributed by atoms with Crippen molar-refractivity contribution in [2.24, 2.45) is 29.6 Å². The van der Waals surface area contributed by atoms with E-state index in [4.69, 9.17) is 14.2 Å². The van der Waals surface area contributed by atoms with Crippen LogP contribution in [-0.4, -0.2) is 30.2 Å². The SMILES string of the molecule is CC.CC#CC(C(C)C)C1CC=C2C(CCC34CC5(CCC23O4)OCCO5)C1C. The highest BCUT2D eigenvalue weighted by molar-refractivity contribution is 5.42. The molecule has 162 valence electrons. The maximum atomic E-state index is 6.65. The van der Waals surface area contributed by atoms with Crippen LogP contribution in [0.3, 0.4) is 0 Å². The number of epoxide rings is 1. The molecule has 2 aliphatic heterocycles. The van der Waals surface area contributed by atoms with Gasteiger partial charge in [-0.15, -0.1) is 5.92 Å². The Bertz CT molecular complexity index is 707. The summed E-state index contributed by atoms with van der Waals surface area (Å²) in [6, 6.07) is 0. The summed E-state index contributed by atoms with van der Waals surface area (Å²) in [6.07, 6.45) is 9.10. The van der Waals surface area contributed by atoms with E-state index in [1.54, 1.807) is 5.57 Å². The van der Waals surface area contributed by atoms with Crippen LogP contribution >= 0.6 is 0 Å². The van der Waals surface area contributed by atoms with Gasteiger partial charge < -0.3 is 14.2 Å². The van der Waals surface area contributed by atoms with Crippen molar-refractivity contribution < 1.29 is 14.2 Å². The molecule has 3 nitrogen and oxygen atoms in total. The molecule has 6 atom stereocenters. The molecule has 4 fully saturated rings. The molecule has 5 aliphatic rings. The van der Waals surface area contributed by atoms with E-state index in [0.29, 0.717) is 29.6 Å². The first-order chi connectivity index (χ1) is 14.0. The molecule has 0 N–H and O–H groups in total. The lowest BCUT2D eigenvalue weighted by Gasteiger charge is -2.48. The Balaban J connectivity index is 0.000000994. The maximum absolute atomic E-state index is 6.65. The topological polar surface area (TPSA) is 31.0 Å². The second-order valence-electron chi connectivity index (χ2n) is 9.94. The zero-order chi connectivity index (χ0) is 20.9.